The van der Waals surface area contributed by atoms with Crippen molar-refractivity contribution in [1.82, 2.24) is 20.4 Å². The number of guanidine groups is 1. The van der Waals surface area contributed by atoms with Crippen molar-refractivity contribution >= 4 is 35.8 Å². The van der Waals surface area contributed by atoms with E-state index >= 15 is 0 Å². The Balaban J connectivity index is 0.00000364. The quantitative estimate of drug-likeness (QED) is 0.368. The summed E-state index contributed by atoms with van der Waals surface area (Å²) in [6.07, 6.45) is 3.53. The number of hydrogen-bond acceptors (Lipinski definition) is 3. The Bertz CT molecular complexity index is 595. The highest BCUT2D eigenvalue weighted by Gasteiger charge is 2.19. The number of carbonyl (C=O) groups excluding carboxylic acids is 1. The molecule has 7 heteroatoms. The first kappa shape index (κ1) is 23.7. The van der Waals surface area contributed by atoms with Gasteiger partial charge in [0.2, 0.25) is 0 Å². The van der Waals surface area contributed by atoms with Gasteiger partial charge < -0.3 is 20.4 Å². The number of hydrogen-bond donors (Lipinski definition) is 2. The summed E-state index contributed by atoms with van der Waals surface area (Å²) in [6.45, 7) is 6.43. The lowest BCUT2D eigenvalue weighted by molar-refractivity contribution is 0.0827. The summed E-state index contributed by atoms with van der Waals surface area (Å²) < 4.78 is 0. The van der Waals surface area contributed by atoms with E-state index in [0.717, 1.165) is 37.5 Å². The van der Waals surface area contributed by atoms with E-state index in [0.29, 0.717) is 18.2 Å². The number of carbonyl (C=O) groups is 1. The Morgan fingerprint density at radius 2 is 1.85 bits per heavy atom. The normalized spacial score (nSPS) is 15.8. The van der Waals surface area contributed by atoms with Crippen molar-refractivity contribution in [3.05, 3.63) is 35.4 Å². The van der Waals surface area contributed by atoms with E-state index in [2.05, 4.69) is 27.4 Å². The van der Waals surface area contributed by atoms with Crippen LogP contribution in [0, 0.1) is 0 Å². The Morgan fingerprint density at radius 3 is 2.37 bits per heavy atom. The van der Waals surface area contributed by atoms with E-state index in [1.807, 2.05) is 24.3 Å². The van der Waals surface area contributed by atoms with Crippen LogP contribution in [-0.2, 0) is 6.54 Å². The molecule has 1 aliphatic rings. The molecule has 2 rings (SSSR count). The van der Waals surface area contributed by atoms with E-state index in [1.165, 1.54) is 13.0 Å². The van der Waals surface area contributed by atoms with Crippen molar-refractivity contribution in [2.75, 3.05) is 40.8 Å². The fourth-order valence-electron chi connectivity index (χ4n) is 3.21. The minimum Gasteiger partial charge on any atom is -0.354 e. The van der Waals surface area contributed by atoms with Gasteiger partial charge in [-0.25, -0.2) is 0 Å². The van der Waals surface area contributed by atoms with Gasteiger partial charge >= 0.3 is 0 Å². The molecule has 27 heavy (non-hydrogen) atoms. The molecular formula is C20H34IN5O. The second kappa shape index (κ2) is 12.2. The monoisotopic (exact) mass is 487 g/mol. The van der Waals surface area contributed by atoms with Crippen molar-refractivity contribution in [3.63, 3.8) is 0 Å². The van der Waals surface area contributed by atoms with E-state index in [9.17, 15) is 4.79 Å². The van der Waals surface area contributed by atoms with Gasteiger partial charge in [-0.1, -0.05) is 19.1 Å². The lowest BCUT2D eigenvalue weighted by Crippen LogP contribution is -2.48. The van der Waals surface area contributed by atoms with Gasteiger partial charge in [0.25, 0.3) is 5.91 Å². The molecule has 0 aliphatic carbocycles. The van der Waals surface area contributed by atoms with Crippen LogP contribution >= 0.6 is 24.0 Å². The number of halogens is 1. The number of aliphatic imine (C=N–C) groups is 1. The van der Waals surface area contributed by atoms with Crippen LogP contribution < -0.4 is 10.6 Å². The van der Waals surface area contributed by atoms with Crippen LogP contribution in [0.2, 0.25) is 0 Å². The Morgan fingerprint density at radius 1 is 1.22 bits per heavy atom. The average molecular weight is 487 g/mol. The van der Waals surface area contributed by atoms with Crippen molar-refractivity contribution in [2.45, 2.75) is 38.8 Å². The van der Waals surface area contributed by atoms with Crippen molar-refractivity contribution in [1.29, 1.82) is 0 Å². The predicted octanol–water partition coefficient (Wildman–Crippen LogP) is 2.55. The molecular weight excluding hydrogens is 453 g/mol. The smallest absolute Gasteiger partial charge is 0.253 e. The van der Waals surface area contributed by atoms with Crippen LogP contribution in [-0.4, -0.2) is 68.5 Å². The summed E-state index contributed by atoms with van der Waals surface area (Å²) in [7, 11) is 5.33. The predicted molar refractivity (Wildman–Crippen MR) is 123 cm³/mol. The lowest BCUT2D eigenvalue weighted by atomic mass is 10.1. The topological polar surface area (TPSA) is 60.0 Å². The molecule has 0 aromatic heterocycles. The van der Waals surface area contributed by atoms with E-state index in [1.54, 1.807) is 26.0 Å². The van der Waals surface area contributed by atoms with Crippen LogP contribution in [0.1, 0.15) is 42.1 Å². The SMILES string of the molecule is CCCN1CCC(NC(=NC)NCc2ccc(C(=O)N(C)C)cc2)CC1.I. The largest absolute Gasteiger partial charge is 0.354 e. The molecule has 1 saturated heterocycles. The van der Waals surface area contributed by atoms with E-state index < -0.39 is 0 Å². The van der Waals surface area contributed by atoms with Crippen molar-refractivity contribution < 1.29 is 4.79 Å². The zero-order chi connectivity index (χ0) is 18.9. The Hall–Kier alpha value is -1.35. The fraction of sp³-hybridized carbons (Fsp3) is 0.600. The summed E-state index contributed by atoms with van der Waals surface area (Å²) in [5.74, 6) is 0.865. The maximum absolute atomic E-state index is 11.9. The minimum absolute atomic E-state index is 0. The molecule has 1 heterocycles. The molecule has 1 fully saturated rings. The molecule has 0 spiro atoms. The molecule has 1 aromatic carbocycles. The van der Waals surface area contributed by atoms with Crippen molar-refractivity contribution in [3.8, 4) is 0 Å². The molecule has 0 bridgehead atoms. The van der Waals surface area contributed by atoms with Crippen molar-refractivity contribution in [2.24, 2.45) is 4.99 Å². The molecule has 2 N–H and O–H groups in total. The fourth-order valence-corrected chi connectivity index (χ4v) is 3.21. The second-order valence-electron chi connectivity index (χ2n) is 7.08. The summed E-state index contributed by atoms with van der Waals surface area (Å²) >= 11 is 0. The van der Waals surface area contributed by atoms with Crippen LogP contribution in [0.5, 0.6) is 0 Å². The summed E-state index contributed by atoms with van der Waals surface area (Å²) in [5, 5.41) is 6.91. The van der Waals surface area contributed by atoms with Crippen LogP contribution in [0.3, 0.4) is 0 Å². The molecule has 1 amide bonds. The summed E-state index contributed by atoms with van der Waals surface area (Å²) in [6, 6.07) is 8.20. The first-order valence-electron chi connectivity index (χ1n) is 9.53. The average Bonchev–Trinajstić information content (AvgIpc) is 2.66. The van der Waals surface area contributed by atoms with Crippen LogP contribution in [0.15, 0.2) is 29.3 Å². The van der Waals surface area contributed by atoms with Crippen LogP contribution in [0.4, 0.5) is 0 Å². The highest BCUT2D eigenvalue weighted by atomic mass is 127. The first-order chi connectivity index (χ1) is 12.5. The molecule has 0 radical (unpaired) electrons. The third-order valence-corrected chi connectivity index (χ3v) is 4.76. The third-order valence-electron chi connectivity index (χ3n) is 4.76. The number of amides is 1. The van der Waals surface area contributed by atoms with Gasteiger partial charge in [0.05, 0.1) is 0 Å². The summed E-state index contributed by atoms with van der Waals surface area (Å²) in [4.78, 5) is 20.4. The van der Waals surface area contributed by atoms with Gasteiger partial charge in [-0.3, -0.25) is 9.79 Å². The zero-order valence-electron chi connectivity index (χ0n) is 17.0. The molecule has 0 atom stereocenters. The van der Waals surface area contributed by atoms with Gasteiger partial charge in [-0.15, -0.1) is 24.0 Å². The van der Waals surface area contributed by atoms with Gasteiger partial charge in [-0.2, -0.15) is 0 Å². The maximum Gasteiger partial charge on any atom is 0.253 e. The first-order valence-corrected chi connectivity index (χ1v) is 9.53. The second-order valence-corrected chi connectivity index (χ2v) is 7.08. The molecule has 0 saturated carbocycles. The van der Waals surface area contributed by atoms with E-state index in [-0.39, 0.29) is 29.9 Å². The molecule has 0 unspecified atom stereocenters. The van der Waals surface area contributed by atoms with Crippen LogP contribution in [0.25, 0.3) is 0 Å². The third kappa shape index (κ3) is 7.65. The Labute approximate surface area is 180 Å². The molecule has 6 nitrogen and oxygen atoms in total. The number of benzene rings is 1. The Kier molecular flexibility index (Phi) is 10.7. The minimum atomic E-state index is 0. The number of piperidine rings is 1. The number of likely N-dealkylation sites (tertiary alicyclic amines) is 1. The van der Waals surface area contributed by atoms with Gasteiger partial charge in [0.1, 0.15) is 0 Å². The number of nitrogens with one attached hydrogen (secondary N) is 2. The molecule has 1 aromatic rings. The van der Waals surface area contributed by atoms with Gasteiger partial charge in [0.15, 0.2) is 5.96 Å². The molecule has 152 valence electrons. The standard InChI is InChI=1S/C20H33N5O.HI/c1-5-12-25-13-10-18(11-14-25)23-20(21-2)22-15-16-6-8-17(9-7-16)19(26)24(3)4;/h6-9,18H,5,10-15H2,1-4H3,(H2,21,22,23);1H. The maximum atomic E-state index is 11.9. The number of nitrogens with zero attached hydrogens (tertiary/aromatic N) is 3. The lowest BCUT2D eigenvalue weighted by Gasteiger charge is -2.32. The summed E-state index contributed by atoms with van der Waals surface area (Å²) in [5.41, 5.74) is 1.83. The highest BCUT2D eigenvalue weighted by molar-refractivity contribution is 14.0. The highest BCUT2D eigenvalue weighted by Crippen LogP contribution is 2.11. The number of rotatable bonds is 6. The molecule has 1 aliphatic heterocycles. The van der Waals surface area contributed by atoms with Gasteiger partial charge in [0, 0.05) is 52.4 Å². The van der Waals surface area contributed by atoms with E-state index in [4.69, 9.17) is 0 Å². The van der Waals surface area contributed by atoms with Gasteiger partial charge in [-0.05, 0) is 43.5 Å². The zero-order valence-corrected chi connectivity index (χ0v) is 19.3.